The van der Waals surface area contributed by atoms with E-state index in [9.17, 15) is 14.4 Å². The zero-order valence-electron chi connectivity index (χ0n) is 20.4. The minimum Gasteiger partial charge on any atom is -0.492 e. The number of hydrogen-bond donors (Lipinski definition) is 2. The van der Waals surface area contributed by atoms with E-state index in [1.165, 1.54) is 27.7 Å². The van der Waals surface area contributed by atoms with Gasteiger partial charge < -0.3 is 14.9 Å². The predicted octanol–water partition coefficient (Wildman–Crippen LogP) is 5.21. The lowest BCUT2D eigenvalue weighted by Crippen LogP contribution is -2.25. The number of fused-ring (bicyclic) bond motifs is 2. The van der Waals surface area contributed by atoms with Crippen LogP contribution in [0.3, 0.4) is 0 Å². The molecule has 0 aliphatic rings. The van der Waals surface area contributed by atoms with Crippen LogP contribution in [0.4, 0.5) is 0 Å². The third-order valence-corrected chi connectivity index (χ3v) is 7.44. The quantitative estimate of drug-likeness (QED) is 0.242. The van der Waals surface area contributed by atoms with E-state index >= 15 is 0 Å². The van der Waals surface area contributed by atoms with Crippen LogP contribution in [0.1, 0.15) is 16.7 Å². The number of rotatable bonds is 10. The van der Waals surface area contributed by atoms with Crippen LogP contribution in [0.25, 0.3) is 21.0 Å². The fourth-order valence-corrected chi connectivity index (χ4v) is 5.49. The number of carboxylic acids is 2. The van der Waals surface area contributed by atoms with Crippen LogP contribution in [0.5, 0.6) is 5.75 Å². The third kappa shape index (κ3) is 5.60. The molecule has 5 rings (SSSR count). The summed E-state index contributed by atoms with van der Waals surface area (Å²) in [5.41, 5.74) is 3.82. The van der Waals surface area contributed by atoms with Crippen molar-refractivity contribution in [3.63, 3.8) is 0 Å². The fraction of sp³-hybridized carbons (Fsp3) is 0.167. The Balaban J connectivity index is 1.22. The van der Waals surface area contributed by atoms with Crippen LogP contribution >= 0.6 is 11.3 Å². The molecule has 0 fully saturated rings. The van der Waals surface area contributed by atoms with E-state index in [4.69, 9.17) is 14.9 Å². The van der Waals surface area contributed by atoms with Gasteiger partial charge >= 0.3 is 16.8 Å². The summed E-state index contributed by atoms with van der Waals surface area (Å²) in [6.45, 7) is 0.654. The Morgan fingerprint density at radius 1 is 0.816 bits per heavy atom. The maximum Gasteiger partial charge on any atom is 0.318 e. The first kappa shape index (κ1) is 25.2. The molecule has 4 aromatic carbocycles. The van der Waals surface area contributed by atoms with Gasteiger partial charge in [-0.1, -0.05) is 72.0 Å². The van der Waals surface area contributed by atoms with Gasteiger partial charge in [-0.2, -0.15) is 0 Å². The van der Waals surface area contributed by atoms with Crippen LogP contribution in [0.2, 0.25) is 0 Å². The summed E-state index contributed by atoms with van der Waals surface area (Å²) < 4.78 is 8.43. The molecule has 38 heavy (non-hydrogen) atoms. The first-order valence-electron chi connectivity index (χ1n) is 12.1. The van der Waals surface area contributed by atoms with E-state index in [0.717, 1.165) is 22.2 Å². The Morgan fingerprint density at radius 3 is 2.21 bits per heavy atom. The van der Waals surface area contributed by atoms with Crippen molar-refractivity contribution in [1.29, 1.82) is 0 Å². The summed E-state index contributed by atoms with van der Waals surface area (Å²) in [5, 5.41) is 20.5. The van der Waals surface area contributed by atoms with Crippen molar-refractivity contribution >= 4 is 44.3 Å². The van der Waals surface area contributed by atoms with E-state index in [1.54, 1.807) is 28.8 Å². The predicted molar refractivity (Wildman–Crippen MR) is 147 cm³/mol. The number of carbonyl (C=O) groups is 2. The summed E-state index contributed by atoms with van der Waals surface area (Å²) in [4.78, 5) is 34.8. The molecule has 0 saturated heterocycles. The number of aliphatic carboxylic acids is 2. The van der Waals surface area contributed by atoms with Gasteiger partial charge in [0.2, 0.25) is 0 Å². The van der Waals surface area contributed by atoms with Gasteiger partial charge in [-0.15, -0.1) is 0 Å². The number of carboxylic acid groups (broad SMARTS) is 2. The van der Waals surface area contributed by atoms with Gasteiger partial charge in [-0.05, 0) is 64.6 Å². The second-order valence-corrected chi connectivity index (χ2v) is 10.1. The van der Waals surface area contributed by atoms with E-state index < -0.39 is 17.9 Å². The molecule has 0 spiro atoms. The molecule has 7 nitrogen and oxygen atoms in total. The van der Waals surface area contributed by atoms with Crippen molar-refractivity contribution < 1.29 is 24.5 Å². The lowest BCUT2D eigenvalue weighted by atomic mass is 10.00. The molecule has 1 heterocycles. The molecule has 1 aromatic heterocycles. The van der Waals surface area contributed by atoms with Crippen molar-refractivity contribution in [3.8, 4) is 5.75 Å². The number of benzene rings is 4. The number of hydrogen-bond acceptors (Lipinski definition) is 5. The molecule has 0 saturated carbocycles. The van der Waals surface area contributed by atoms with E-state index in [0.29, 0.717) is 17.9 Å². The maximum absolute atomic E-state index is 12.7. The molecule has 2 N–H and O–H groups in total. The maximum atomic E-state index is 12.7. The molecule has 0 radical (unpaired) electrons. The summed E-state index contributed by atoms with van der Waals surface area (Å²) in [5.74, 6) is -3.67. The van der Waals surface area contributed by atoms with Crippen LogP contribution in [0, 0.1) is 5.92 Å². The summed E-state index contributed by atoms with van der Waals surface area (Å²) in [6.07, 6.45) is 0.676. The highest BCUT2D eigenvalue weighted by atomic mass is 32.1. The van der Waals surface area contributed by atoms with Crippen molar-refractivity contribution in [2.45, 2.75) is 19.4 Å². The second kappa shape index (κ2) is 10.9. The Morgan fingerprint density at radius 2 is 1.47 bits per heavy atom. The minimum absolute atomic E-state index is 0.0461. The molecule has 8 heteroatoms. The lowest BCUT2D eigenvalue weighted by Gasteiger charge is -2.10. The highest BCUT2D eigenvalue weighted by molar-refractivity contribution is 7.16. The lowest BCUT2D eigenvalue weighted by molar-refractivity contribution is -0.154. The largest absolute Gasteiger partial charge is 0.492 e. The smallest absolute Gasteiger partial charge is 0.318 e. The van der Waals surface area contributed by atoms with Crippen LogP contribution in [-0.4, -0.2) is 33.3 Å². The Hall–Kier alpha value is -4.43. The summed E-state index contributed by atoms with van der Waals surface area (Å²) >= 11 is 1.22. The third-order valence-electron chi connectivity index (χ3n) is 6.50. The summed E-state index contributed by atoms with van der Waals surface area (Å²) in [6, 6.07) is 27.5. The number of aromatic nitrogens is 1. The molecular formula is C30H25NO6S. The molecule has 192 valence electrons. The SMILES string of the molecule is O=C(O)C(Cc1ccc(OCCn2c(=O)sc3cc(Cc4ccc5ccccc5c4)ccc32)cc1)C(=O)O. The highest BCUT2D eigenvalue weighted by Gasteiger charge is 2.25. The van der Waals surface area contributed by atoms with Gasteiger partial charge in [0.05, 0.1) is 16.8 Å². The average Bonchev–Trinajstić information content (AvgIpc) is 3.21. The van der Waals surface area contributed by atoms with Crippen molar-refractivity contribution in [3.05, 3.63) is 111 Å². The molecule has 0 atom stereocenters. The molecule has 0 amide bonds. The first-order chi connectivity index (χ1) is 18.4. The summed E-state index contributed by atoms with van der Waals surface area (Å²) in [7, 11) is 0. The van der Waals surface area contributed by atoms with Gasteiger partial charge in [-0.3, -0.25) is 19.0 Å². The van der Waals surface area contributed by atoms with Crippen molar-refractivity contribution in [2.75, 3.05) is 6.61 Å². The molecular weight excluding hydrogens is 502 g/mol. The van der Waals surface area contributed by atoms with E-state index in [2.05, 4.69) is 42.5 Å². The van der Waals surface area contributed by atoms with Gasteiger partial charge in [0.25, 0.3) is 0 Å². The van der Waals surface area contributed by atoms with Crippen molar-refractivity contribution in [2.24, 2.45) is 5.92 Å². The second-order valence-electron chi connectivity index (χ2n) is 9.11. The van der Waals surface area contributed by atoms with Crippen LogP contribution < -0.4 is 9.61 Å². The molecule has 0 unspecified atom stereocenters. The van der Waals surface area contributed by atoms with Gasteiger partial charge in [0.15, 0.2) is 5.92 Å². The topological polar surface area (TPSA) is 106 Å². The standard InChI is InChI=1S/C30H25NO6S/c32-28(33)25(29(34)35)17-19-6-10-24(11-7-19)37-14-13-31-26-12-8-21(18-27(26)38-30(31)36)15-20-5-9-22-3-1-2-4-23(22)16-20/h1-12,16,18,25H,13-15,17H2,(H,32,33)(H,34,35). The molecule has 0 aliphatic carbocycles. The van der Waals surface area contributed by atoms with E-state index in [1.807, 2.05) is 18.2 Å². The van der Waals surface area contributed by atoms with Crippen molar-refractivity contribution in [1.82, 2.24) is 4.57 Å². The number of thiazole rings is 1. The normalized spacial score (nSPS) is 11.3. The molecule has 5 aromatic rings. The zero-order chi connectivity index (χ0) is 26.6. The Labute approximate surface area is 222 Å². The molecule has 0 bridgehead atoms. The fourth-order valence-electron chi connectivity index (χ4n) is 4.51. The highest BCUT2D eigenvalue weighted by Crippen LogP contribution is 2.23. The number of nitrogens with zero attached hydrogens (tertiary/aromatic N) is 1. The van der Waals surface area contributed by atoms with Gasteiger partial charge in [-0.25, -0.2) is 0 Å². The Kier molecular flexibility index (Phi) is 7.24. The minimum atomic E-state index is -1.49. The molecule has 0 aliphatic heterocycles. The monoisotopic (exact) mass is 527 g/mol. The number of ether oxygens (including phenoxy) is 1. The van der Waals surface area contributed by atoms with E-state index in [-0.39, 0.29) is 17.9 Å². The van der Waals surface area contributed by atoms with Crippen LogP contribution in [-0.2, 0) is 29.0 Å². The van der Waals surface area contributed by atoms with Gasteiger partial charge in [0, 0.05) is 0 Å². The Bertz CT molecular complexity index is 1670. The average molecular weight is 528 g/mol. The van der Waals surface area contributed by atoms with Crippen LogP contribution in [0.15, 0.2) is 89.7 Å². The van der Waals surface area contributed by atoms with Gasteiger partial charge in [0.1, 0.15) is 12.4 Å². The first-order valence-corrected chi connectivity index (χ1v) is 13.0. The zero-order valence-corrected chi connectivity index (χ0v) is 21.2.